The highest BCUT2D eigenvalue weighted by atomic mass is 35.5. The van der Waals surface area contributed by atoms with Crippen LogP contribution >= 0.6 is 23.4 Å². The predicted octanol–water partition coefficient (Wildman–Crippen LogP) is 4.72. The number of hydrogen-bond donors (Lipinski definition) is 3. The van der Waals surface area contributed by atoms with E-state index in [9.17, 15) is 9.59 Å². The number of halogens is 1. The number of carbonyl (C=O) groups excluding carboxylic acids is 1. The minimum absolute atomic E-state index is 0.0868. The average molecular weight is 562 g/mol. The lowest BCUT2D eigenvalue weighted by molar-refractivity contribution is -0.124. The van der Waals surface area contributed by atoms with Crippen LogP contribution in [-0.2, 0) is 11.3 Å². The van der Waals surface area contributed by atoms with Crippen molar-refractivity contribution >= 4 is 29.3 Å². The summed E-state index contributed by atoms with van der Waals surface area (Å²) in [6.07, 6.45) is 5.91. The third-order valence-corrected chi connectivity index (χ3v) is 9.12. The molecule has 0 bridgehead atoms. The quantitative estimate of drug-likeness (QED) is 0.420. The van der Waals surface area contributed by atoms with Crippen LogP contribution in [0.25, 0.3) is 0 Å². The summed E-state index contributed by atoms with van der Waals surface area (Å²) in [5.41, 5.74) is 2.26. The third-order valence-electron chi connectivity index (χ3n) is 8.03. The maximum Gasteiger partial charge on any atom is 0.254 e. The van der Waals surface area contributed by atoms with Gasteiger partial charge in [0.1, 0.15) is 0 Å². The highest BCUT2D eigenvalue weighted by Crippen LogP contribution is 2.51. The zero-order valence-corrected chi connectivity index (χ0v) is 24.2. The lowest BCUT2D eigenvalue weighted by atomic mass is 9.80. The van der Waals surface area contributed by atoms with Gasteiger partial charge in [0.15, 0.2) is 11.5 Å². The molecule has 1 amide bonds. The van der Waals surface area contributed by atoms with Crippen LogP contribution in [0.5, 0.6) is 11.5 Å². The molecule has 206 valence electrons. The largest absolute Gasteiger partial charge is 0.448 e. The second-order valence-electron chi connectivity index (χ2n) is 11.2. The summed E-state index contributed by atoms with van der Waals surface area (Å²) in [6.45, 7) is 9.49. The normalized spacial score (nSPS) is 25.6. The molecule has 0 radical (unpaired) electrons. The molecule has 3 heterocycles. The van der Waals surface area contributed by atoms with Gasteiger partial charge in [0.2, 0.25) is 0 Å². The zero-order valence-electron chi connectivity index (χ0n) is 22.6. The molecular formula is C28H36ClN3O5S. The summed E-state index contributed by atoms with van der Waals surface area (Å²) in [7, 11) is 0. The number of thioether (sulfide) groups is 1. The Morgan fingerprint density at radius 1 is 1.13 bits per heavy atom. The molecule has 1 atom stereocenters. The lowest BCUT2D eigenvalue weighted by Crippen LogP contribution is -2.61. The van der Waals surface area contributed by atoms with Crippen LogP contribution in [0.15, 0.2) is 21.8 Å². The van der Waals surface area contributed by atoms with E-state index in [0.717, 1.165) is 49.5 Å². The van der Waals surface area contributed by atoms with Gasteiger partial charge in [-0.2, -0.15) is 0 Å². The number of benzene rings is 1. The molecule has 0 spiro atoms. The molecule has 1 saturated carbocycles. The van der Waals surface area contributed by atoms with Crippen molar-refractivity contribution in [3.8, 4) is 11.5 Å². The van der Waals surface area contributed by atoms with Crippen molar-refractivity contribution in [1.82, 2.24) is 15.6 Å². The second-order valence-corrected chi connectivity index (χ2v) is 12.4. The van der Waals surface area contributed by atoms with Crippen molar-refractivity contribution in [3.05, 3.63) is 49.9 Å². The summed E-state index contributed by atoms with van der Waals surface area (Å²) in [5, 5.41) is 6.97. The smallest absolute Gasteiger partial charge is 0.254 e. The van der Waals surface area contributed by atoms with Gasteiger partial charge in [0.25, 0.3) is 17.3 Å². The minimum Gasteiger partial charge on any atom is -0.448 e. The van der Waals surface area contributed by atoms with Gasteiger partial charge < -0.3 is 29.8 Å². The lowest BCUT2D eigenvalue weighted by Gasteiger charge is -2.44. The Hall–Kier alpha value is -2.20. The number of aromatic nitrogens is 1. The van der Waals surface area contributed by atoms with E-state index in [0.29, 0.717) is 39.3 Å². The van der Waals surface area contributed by atoms with Crippen molar-refractivity contribution in [2.45, 2.75) is 82.2 Å². The highest BCUT2D eigenvalue weighted by Gasteiger charge is 2.48. The number of amides is 1. The van der Waals surface area contributed by atoms with E-state index in [1.54, 1.807) is 6.07 Å². The van der Waals surface area contributed by atoms with Gasteiger partial charge in [-0.1, -0.05) is 11.6 Å². The number of rotatable bonds is 7. The molecule has 1 unspecified atom stereocenters. The maximum absolute atomic E-state index is 13.2. The molecule has 1 aromatic heterocycles. The van der Waals surface area contributed by atoms with Crippen molar-refractivity contribution in [2.24, 2.45) is 5.92 Å². The summed E-state index contributed by atoms with van der Waals surface area (Å²) in [4.78, 5) is 29.3. The number of hydrogen-bond acceptors (Lipinski definition) is 7. The van der Waals surface area contributed by atoms with Crippen LogP contribution in [0.3, 0.4) is 0 Å². The van der Waals surface area contributed by atoms with E-state index in [1.165, 1.54) is 11.8 Å². The molecule has 1 aromatic carbocycles. The summed E-state index contributed by atoms with van der Waals surface area (Å²) < 4.78 is 18.2. The standard InChI is InChI=1S/C28H36ClN3O5S/c1-15-10-22(38-5)20(26(34)31-15)12-30-25(33)19-11-21(29)24-23(16(19)2)36-28(4,37-24)17-6-8-18(9-7-17)32-27(3)13-35-14-27/h10-11,17-18,32H,6-9,12-14H2,1-5H3,(H,30,33)(H,31,34). The summed E-state index contributed by atoms with van der Waals surface area (Å²) >= 11 is 8.09. The first kappa shape index (κ1) is 27.4. The number of pyridine rings is 1. The molecular weight excluding hydrogens is 526 g/mol. The fourth-order valence-electron chi connectivity index (χ4n) is 5.79. The van der Waals surface area contributed by atoms with Crippen LogP contribution in [0.1, 0.15) is 66.7 Å². The van der Waals surface area contributed by atoms with E-state index >= 15 is 0 Å². The number of fused-ring (bicyclic) bond motifs is 1. The van der Waals surface area contributed by atoms with Gasteiger partial charge in [-0.25, -0.2) is 0 Å². The van der Waals surface area contributed by atoms with E-state index in [1.807, 2.05) is 33.1 Å². The Bertz CT molecular complexity index is 1300. The maximum atomic E-state index is 13.2. The van der Waals surface area contributed by atoms with Crippen molar-refractivity contribution in [1.29, 1.82) is 0 Å². The van der Waals surface area contributed by atoms with Gasteiger partial charge in [0.05, 0.1) is 23.8 Å². The van der Waals surface area contributed by atoms with Gasteiger partial charge in [-0.05, 0) is 64.8 Å². The monoisotopic (exact) mass is 561 g/mol. The van der Waals surface area contributed by atoms with Crippen molar-refractivity contribution in [3.63, 3.8) is 0 Å². The molecule has 1 saturated heterocycles. The first-order chi connectivity index (χ1) is 18.0. The van der Waals surface area contributed by atoms with E-state index < -0.39 is 5.79 Å². The van der Waals surface area contributed by atoms with Gasteiger partial charge in [-0.3, -0.25) is 9.59 Å². The summed E-state index contributed by atoms with van der Waals surface area (Å²) in [5.74, 6) is 0.0357. The number of H-pyrrole nitrogens is 1. The Kier molecular flexibility index (Phi) is 7.50. The van der Waals surface area contributed by atoms with E-state index in [-0.39, 0.29) is 29.5 Å². The molecule has 10 heteroatoms. The number of nitrogens with one attached hydrogen (secondary N) is 3. The Balaban J connectivity index is 1.28. The highest BCUT2D eigenvalue weighted by molar-refractivity contribution is 7.98. The van der Waals surface area contributed by atoms with Crippen LogP contribution in [0.2, 0.25) is 5.02 Å². The number of aryl methyl sites for hydroxylation is 1. The molecule has 3 aliphatic rings. The third kappa shape index (κ3) is 5.18. The van der Waals surface area contributed by atoms with Crippen LogP contribution in [0, 0.1) is 19.8 Å². The molecule has 2 fully saturated rings. The fraction of sp³-hybridized carbons (Fsp3) is 0.571. The Morgan fingerprint density at radius 2 is 1.82 bits per heavy atom. The molecule has 3 N–H and O–H groups in total. The van der Waals surface area contributed by atoms with E-state index in [2.05, 4.69) is 22.5 Å². The molecule has 2 aliphatic heterocycles. The topological polar surface area (TPSA) is 102 Å². The van der Waals surface area contributed by atoms with Crippen molar-refractivity contribution < 1.29 is 19.0 Å². The SMILES string of the molecule is CSc1cc(C)[nH]c(=O)c1CNC(=O)c1cc(Cl)c2c(c1C)OC(C)(C1CCC(NC3(C)COC3)CC1)O2. The number of aromatic amines is 1. The Morgan fingerprint density at radius 3 is 2.45 bits per heavy atom. The first-order valence-electron chi connectivity index (χ1n) is 13.1. The molecule has 8 nitrogen and oxygen atoms in total. The van der Waals surface area contributed by atoms with Crippen LogP contribution < -0.4 is 25.7 Å². The average Bonchev–Trinajstić information content (AvgIpc) is 3.24. The van der Waals surface area contributed by atoms with Crippen molar-refractivity contribution in [2.75, 3.05) is 19.5 Å². The molecule has 5 rings (SSSR count). The number of carbonyl (C=O) groups is 1. The molecule has 1 aliphatic carbocycles. The van der Waals surface area contributed by atoms with Crippen LogP contribution in [0.4, 0.5) is 0 Å². The Labute approximate surface area is 232 Å². The fourth-order valence-corrected chi connectivity index (χ4v) is 6.73. The minimum atomic E-state index is -0.845. The predicted molar refractivity (Wildman–Crippen MR) is 149 cm³/mol. The second kappa shape index (κ2) is 10.4. The molecule has 2 aromatic rings. The van der Waals surface area contributed by atoms with Gasteiger partial charge >= 0.3 is 0 Å². The van der Waals surface area contributed by atoms with E-state index in [4.69, 9.17) is 25.8 Å². The summed E-state index contributed by atoms with van der Waals surface area (Å²) in [6, 6.07) is 3.99. The first-order valence-corrected chi connectivity index (χ1v) is 14.7. The zero-order chi connectivity index (χ0) is 27.2. The molecule has 38 heavy (non-hydrogen) atoms. The number of ether oxygens (including phenoxy) is 3. The van der Waals surface area contributed by atoms with Gasteiger partial charge in [0, 0.05) is 52.7 Å². The van der Waals surface area contributed by atoms with Gasteiger partial charge in [-0.15, -0.1) is 11.8 Å². The van der Waals surface area contributed by atoms with Crippen LogP contribution in [-0.4, -0.2) is 47.7 Å².